The highest BCUT2D eigenvalue weighted by Crippen LogP contribution is 2.27. The van der Waals surface area contributed by atoms with Crippen LogP contribution in [0.2, 0.25) is 0 Å². The van der Waals surface area contributed by atoms with Gasteiger partial charge in [0.15, 0.2) is 0 Å². The standard InChI is InChI=1S/C22H28N4O2/c1-4-6-12-25-15-23-20-18(17-10-8-7-9-11-17)13-26(21(20)22(25)28)14-19(27)24-16(3)5-2/h7-11,13,15-16H,4-6,12,14H2,1-3H3,(H,24,27)/t16-/m1/s1. The van der Waals surface area contributed by atoms with Gasteiger partial charge in [0.05, 0.1) is 6.33 Å². The van der Waals surface area contributed by atoms with Crippen molar-refractivity contribution >= 4 is 16.9 Å². The third-order valence-corrected chi connectivity index (χ3v) is 5.01. The first-order valence-corrected chi connectivity index (χ1v) is 9.98. The monoisotopic (exact) mass is 380 g/mol. The minimum absolute atomic E-state index is 0.0993. The molecule has 0 fully saturated rings. The maximum absolute atomic E-state index is 13.1. The lowest BCUT2D eigenvalue weighted by atomic mass is 10.1. The Bertz CT molecular complexity index is 1000. The van der Waals surface area contributed by atoms with Crippen molar-refractivity contribution in [2.45, 2.75) is 59.2 Å². The van der Waals surface area contributed by atoms with Crippen LogP contribution in [0.15, 0.2) is 47.7 Å². The Morgan fingerprint density at radius 3 is 2.61 bits per heavy atom. The second kappa shape index (κ2) is 8.87. The van der Waals surface area contributed by atoms with Crippen molar-refractivity contribution in [2.24, 2.45) is 0 Å². The molecule has 3 rings (SSSR count). The third-order valence-electron chi connectivity index (χ3n) is 5.01. The summed E-state index contributed by atoms with van der Waals surface area (Å²) >= 11 is 0. The Labute approximate surface area is 165 Å². The number of hydrogen-bond acceptors (Lipinski definition) is 3. The second-order valence-corrected chi connectivity index (χ2v) is 7.21. The molecule has 1 amide bonds. The molecule has 0 aliphatic heterocycles. The molecule has 3 aromatic rings. The van der Waals surface area contributed by atoms with E-state index in [4.69, 9.17) is 0 Å². The zero-order chi connectivity index (χ0) is 20.1. The van der Waals surface area contributed by atoms with Crippen LogP contribution >= 0.6 is 0 Å². The lowest BCUT2D eigenvalue weighted by molar-refractivity contribution is -0.122. The summed E-state index contributed by atoms with van der Waals surface area (Å²) in [7, 11) is 0. The number of carbonyl (C=O) groups excluding carboxylic acids is 1. The smallest absolute Gasteiger partial charge is 0.277 e. The van der Waals surface area contributed by atoms with Gasteiger partial charge in [-0.1, -0.05) is 50.6 Å². The molecule has 6 heteroatoms. The maximum atomic E-state index is 13.1. The summed E-state index contributed by atoms with van der Waals surface area (Å²) in [5.41, 5.74) is 2.87. The van der Waals surface area contributed by atoms with Crippen molar-refractivity contribution in [1.82, 2.24) is 19.4 Å². The van der Waals surface area contributed by atoms with Crippen molar-refractivity contribution in [3.05, 3.63) is 53.2 Å². The highest BCUT2D eigenvalue weighted by atomic mass is 16.2. The summed E-state index contributed by atoms with van der Waals surface area (Å²) in [6.45, 7) is 6.82. The van der Waals surface area contributed by atoms with Crippen molar-refractivity contribution < 1.29 is 4.79 Å². The van der Waals surface area contributed by atoms with Crippen LogP contribution in [0.25, 0.3) is 22.2 Å². The Morgan fingerprint density at radius 1 is 1.18 bits per heavy atom. The predicted octanol–water partition coefficient (Wildman–Crippen LogP) is 3.58. The molecule has 6 nitrogen and oxygen atoms in total. The number of benzene rings is 1. The normalized spacial score (nSPS) is 12.2. The van der Waals surface area contributed by atoms with E-state index < -0.39 is 0 Å². The molecule has 2 heterocycles. The van der Waals surface area contributed by atoms with Gasteiger partial charge in [0, 0.05) is 24.3 Å². The van der Waals surface area contributed by atoms with Crippen LogP contribution in [0.5, 0.6) is 0 Å². The molecule has 0 saturated heterocycles. The molecule has 0 spiro atoms. The van der Waals surface area contributed by atoms with Gasteiger partial charge in [0.25, 0.3) is 5.56 Å². The van der Waals surface area contributed by atoms with Gasteiger partial charge in [0.2, 0.25) is 5.91 Å². The van der Waals surface area contributed by atoms with Crippen molar-refractivity contribution in [3.63, 3.8) is 0 Å². The van der Waals surface area contributed by atoms with E-state index in [0.29, 0.717) is 17.6 Å². The fourth-order valence-corrected chi connectivity index (χ4v) is 3.23. The first-order chi connectivity index (χ1) is 13.5. The number of rotatable bonds is 8. The molecular formula is C22H28N4O2. The number of fused-ring (bicyclic) bond motifs is 1. The molecule has 28 heavy (non-hydrogen) atoms. The highest BCUT2D eigenvalue weighted by Gasteiger charge is 2.18. The molecular weight excluding hydrogens is 352 g/mol. The number of unbranched alkanes of at least 4 members (excludes halogenated alkanes) is 1. The largest absolute Gasteiger partial charge is 0.352 e. The van der Waals surface area contributed by atoms with Crippen LogP contribution in [0.1, 0.15) is 40.0 Å². The summed E-state index contributed by atoms with van der Waals surface area (Å²) in [4.78, 5) is 30.2. The zero-order valence-electron chi connectivity index (χ0n) is 16.8. The average Bonchev–Trinajstić information content (AvgIpc) is 3.07. The molecule has 0 bridgehead atoms. The molecule has 2 aromatic heterocycles. The summed E-state index contributed by atoms with van der Waals surface area (Å²) in [5, 5.41) is 2.97. The SMILES string of the molecule is CCCCn1cnc2c(-c3ccccc3)cn(CC(=O)N[C@H](C)CC)c2c1=O. The van der Waals surface area contributed by atoms with E-state index in [9.17, 15) is 9.59 Å². The van der Waals surface area contributed by atoms with Gasteiger partial charge in [-0.2, -0.15) is 0 Å². The van der Waals surface area contributed by atoms with Gasteiger partial charge >= 0.3 is 0 Å². The molecule has 1 N–H and O–H groups in total. The minimum Gasteiger partial charge on any atom is -0.352 e. The van der Waals surface area contributed by atoms with Crippen LogP contribution in [-0.4, -0.2) is 26.1 Å². The van der Waals surface area contributed by atoms with Crippen LogP contribution in [-0.2, 0) is 17.9 Å². The van der Waals surface area contributed by atoms with E-state index in [2.05, 4.69) is 17.2 Å². The number of aryl methyl sites for hydroxylation is 1. The van der Waals surface area contributed by atoms with E-state index >= 15 is 0 Å². The number of nitrogens with zero attached hydrogens (tertiary/aromatic N) is 3. The average molecular weight is 380 g/mol. The molecule has 0 aliphatic carbocycles. The Morgan fingerprint density at radius 2 is 1.93 bits per heavy atom. The van der Waals surface area contributed by atoms with Gasteiger partial charge in [-0.25, -0.2) is 4.98 Å². The van der Waals surface area contributed by atoms with Gasteiger partial charge in [-0.15, -0.1) is 0 Å². The predicted molar refractivity (Wildman–Crippen MR) is 112 cm³/mol. The van der Waals surface area contributed by atoms with Crippen LogP contribution < -0.4 is 10.9 Å². The van der Waals surface area contributed by atoms with Gasteiger partial charge in [-0.05, 0) is 25.3 Å². The lowest BCUT2D eigenvalue weighted by Gasteiger charge is -2.12. The maximum Gasteiger partial charge on any atom is 0.277 e. The summed E-state index contributed by atoms with van der Waals surface area (Å²) < 4.78 is 3.39. The van der Waals surface area contributed by atoms with E-state index in [1.54, 1.807) is 15.5 Å². The first-order valence-electron chi connectivity index (χ1n) is 9.98. The fourth-order valence-electron chi connectivity index (χ4n) is 3.23. The van der Waals surface area contributed by atoms with Crippen LogP contribution in [0.3, 0.4) is 0 Å². The number of hydrogen-bond donors (Lipinski definition) is 1. The molecule has 1 aromatic carbocycles. The van der Waals surface area contributed by atoms with E-state index in [-0.39, 0.29) is 24.1 Å². The van der Waals surface area contributed by atoms with Crippen LogP contribution in [0.4, 0.5) is 0 Å². The molecule has 0 unspecified atom stereocenters. The number of nitrogens with one attached hydrogen (secondary N) is 1. The second-order valence-electron chi connectivity index (χ2n) is 7.21. The molecule has 0 radical (unpaired) electrons. The first kappa shape index (κ1) is 19.9. The zero-order valence-corrected chi connectivity index (χ0v) is 16.8. The highest BCUT2D eigenvalue weighted by molar-refractivity contribution is 5.93. The van der Waals surface area contributed by atoms with Gasteiger partial charge in [-0.3, -0.25) is 14.2 Å². The van der Waals surface area contributed by atoms with E-state index in [0.717, 1.165) is 30.4 Å². The Balaban J connectivity index is 2.09. The molecule has 0 aliphatic rings. The molecule has 0 saturated carbocycles. The molecule has 1 atom stereocenters. The van der Waals surface area contributed by atoms with Crippen molar-refractivity contribution in [2.75, 3.05) is 0 Å². The Kier molecular flexibility index (Phi) is 6.29. The Hall–Kier alpha value is -2.89. The van der Waals surface area contributed by atoms with Crippen LogP contribution in [0, 0.1) is 0 Å². The lowest BCUT2D eigenvalue weighted by Crippen LogP contribution is -2.35. The van der Waals surface area contributed by atoms with E-state index in [1.165, 1.54) is 0 Å². The minimum atomic E-state index is -0.103. The van der Waals surface area contributed by atoms with Gasteiger partial charge in [0.1, 0.15) is 17.6 Å². The number of carbonyl (C=O) groups is 1. The van der Waals surface area contributed by atoms with Crippen molar-refractivity contribution in [3.8, 4) is 11.1 Å². The van der Waals surface area contributed by atoms with E-state index in [1.807, 2.05) is 50.4 Å². The summed E-state index contributed by atoms with van der Waals surface area (Å²) in [6.07, 6.45) is 6.26. The third kappa shape index (κ3) is 4.16. The summed E-state index contributed by atoms with van der Waals surface area (Å²) in [6, 6.07) is 9.94. The number of amides is 1. The van der Waals surface area contributed by atoms with Crippen molar-refractivity contribution in [1.29, 1.82) is 0 Å². The topological polar surface area (TPSA) is 68.9 Å². The molecule has 148 valence electrons. The number of aromatic nitrogens is 3. The van der Waals surface area contributed by atoms with Gasteiger partial charge < -0.3 is 9.88 Å². The fraction of sp³-hybridized carbons (Fsp3) is 0.409. The summed E-state index contributed by atoms with van der Waals surface area (Å²) in [5.74, 6) is -0.103. The quantitative estimate of drug-likeness (QED) is 0.649.